The van der Waals surface area contributed by atoms with Crippen molar-refractivity contribution in [3.8, 4) is 0 Å². The van der Waals surface area contributed by atoms with Gasteiger partial charge in [-0.15, -0.1) is 11.3 Å². The summed E-state index contributed by atoms with van der Waals surface area (Å²) in [6, 6.07) is 8.83. The van der Waals surface area contributed by atoms with Gasteiger partial charge in [-0.1, -0.05) is 6.07 Å². The van der Waals surface area contributed by atoms with Crippen LogP contribution in [0, 0.1) is 0 Å². The summed E-state index contributed by atoms with van der Waals surface area (Å²) in [6.07, 6.45) is 2.17. The van der Waals surface area contributed by atoms with Crippen LogP contribution in [-0.2, 0) is 6.54 Å². The molecule has 0 atom stereocenters. The summed E-state index contributed by atoms with van der Waals surface area (Å²) >= 11 is 1.81. The molecule has 14 heavy (non-hydrogen) atoms. The second-order valence-electron chi connectivity index (χ2n) is 3.44. The fourth-order valence-corrected chi connectivity index (χ4v) is 2.80. The summed E-state index contributed by atoms with van der Waals surface area (Å²) in [5.41, 5.74) is 1.38. The van der Waals surface area contributed by atoms with Crippen LogP contribution in [0.1, 0.15) is 6.92 Å². The molecule has 2 heteroatoms. The van der Waals surface area contributed by atoms with E-state index >= 15 is 0 Å². The predicted octanol–water partition coefficient (Wildman–Crippen LogP) is 3.88. The van der Waals surface area contributed by atoms with Gasteiger partial charge in [0.25, 0.3) is 0 Å². The lowest BCUT2D eigenvalue weighted by Crippen LogP contribution is -1.90. The highest BCUT2D eigenvalue weighted by Gasteiger charge is 2.04. The van der Waals surface area contributed by atoms with Gasteiger partial charge >= 0.3 is 0 Å². The van der Waals surface area contributed by atoms with Gasteiger partial charge in [0.15, 0.2) is 0 Å². The zero-order valence-electron chi connectivity index (χ0n) is 8.03. The van der Waals surface area contributed by atoms with Gasteiger partial charge < -0.3 is 4.57 Å². The molecule has 0 amide bonds. The van der Waals surface area contributed by atoms with Crippen LogP contribution in [-0.4, -0.2) is 4.57 Å². The topological polar surface area (TPSA) is 4.93 Å². The van der Waals surface area contributed by atoms with Crippen LogP contribution in [0.25, 0.3) is 21.0 Å². The number of aromatic nitrogens is 1. The molecule has 0 fully saturated rings. The maximum atomic E-state index is 2.31. The second-order valence-corrected chi connectivity index (χ2v) is 4.39. The number of rotatable bonds is 1. The Labute approximate surface area is 86.6 Å². The van der Waals surface area contributed by atoms with Crippen LogP contribution in [0.3, 0.4) is 0 Å². The zero-order chi connectivity index (χ0) is 9.54. The van der Waals surface area contributed by atoms with Gasteiger partial charge in [0.1, 0.15) is 0 Å². The minimum Gasteiger partial charge on any atom is -0.347 e. The highest BCUT2D eigenvalue weighted by molar-refractivity contribution is 7.17. The maximum Gasteiger partial charge on any atom is 0.0568 e. The second kappa shape index (κ2) is 2.85. The van der Waals surface area contributed by atoms with Gasteiger partial charge in [0.2, 0.25) is 0 Å². The first-order valence-corrected chi connectivity index (χ1v) is 5.73. The number of aryl methyl sites for hydroxylation is 1. The van der Waals surface area contributed by atoms with Crippen molar-refractivity contribution >= 4 is 32.3 Å². The molecular formula is C12H11NS. The van der Waals surface area contributed by atoms with Crippen LogP contribution < -0.4 is 0 Å². The molecule has 0 aliphatic heterocycles. The average Bonchev–Trinajstić information content (AvgIpc) is 2.82. The quantitative estimate of drug-likeness (QED) is 0.563. The lowest BCUT2D eigenvalue weighted by molar-refractivity contribution is 0.800. The normalized spacial score (nSPS) is 11.5. The minimum atomic E-state index is 1.04. The Bertz CT molecular complexity index is 588. The molecule has 0 unspecified atom stereocenters. The Kier molecular flexibility index (Phi) is 1.64. The molecule has 0 radical (unpaired) electrons. The summed E-state index contributed by atoms with van der Waals surface area (Å²) in [7, 11) is 0. The van der Waals surface area contributed by atoms with E-state index in [0.717, 1.165) is 6.54 Å². The van der Waals surface area contributed by atoms with Crippen LogP contribution in [0.5, 0.6) is 0 Å². The molecule has 3 rings (SSSR count). The van der Waals surface area contributed by atoms with Crippen molar-refractivity contribution < 1.29 is 0 Å². The summed E-state index contributed by atoms with van der Waals surface area (Å²) < 4.78 is 3.69. The molecule has 1 aromatic carbocycles. The van der Waals surface area contributed by atoms with Gasteiger partial charge in [-0.05, 0) is 30.5 Å². The third kappa shape index (κ3) is 0.946. The van der Waals surface area contributed by atoms with E-state index in [1.54, 1.807) is 0 Å². The minimum absolute atomic E-state index is 1.04. The molecule has 0 aliphatic carbocycles. The van der Waals surface area contributed by atoms with Crippen molar-refractivity contribution in [2.45, 2.75) is 13.5 Å². The summed E-state index contributed by atoms with van der Waals surface area (Å²) in [5.74, 6) is 0. The van der Waals surface area contributed by atoms with Crippen molar-refractivity contribution in [3.05, 3.63) is 35.8 Å². The van der Waals surface area contributed by atoms with Gasteiger partial charge in [-0.25, -0.2) is 0 Å². The fraction of sp³-hybridized carbons (Fsp3) is 0.167. The number of benzene rings is 1. The number of thiophene rings is 1. The molecule has 0 aliphatic rings. The lowest BCUT2D eigenvalue weighted by Gasteiger charge is -2.01. The van der Waals surface area contributed by atoms with E-state index in [2.05, 4.69) is 47.3 Å². The van der Waals surface area contributed by atoms with Crippen molar-refractivity contribution in [1.29, 1.82) is 0 Å². The molecule has 2 aromatic heterocycles. The van der Waals surface area contributed by atoms with Gasteiger partial charge in [0.05, 0.1) is 5.52 Å². The van der Waals surface area contributed by atoms with Crippen molar-refractivity contribution in [3.63, 3.8) is 0 Å². The molecule has 2 heterocycles. The molecule has 0 spiro atoms. The molecule has 0 saturated carbocycles. The third-order valence-corrected chi connectivity index (χ3v) is 3.58. The fourth-order valence-electron chi connectivity index (χ4n) is 2.01. The van der Waals surface area contributed by atoms with Crippen LogP contribution in [0.15, 0.2) is 35.8 Å². The van der Waals surface area contributed by atoms with E-state index in [-0.39, 0.29) is 0 Å². The van der Waals surface area contributed by atoms with Gasteiger partial charge in [-0.3, -0.25) is 0 Å². The van der Waals surface area contributed by atoms with Crippen molar-refractivity contribution in [1.82, 2.24) is 4.57 Å². The highest BCUT2D eigenvalue weighted by atomic mass is 32.1. The Morgan fingerprint density at radius 3 is 3.00 bits per heavy atom. The number of nitrogens with zero attached hydrogens (tertiary/aromatic N) is 1. The summed E-state index contributed by atoms with van der Waals surface area (Å²) in [4.78, 5) is 0. The van der Waals surface area contributed by atoms with Gasteiger partial charge in [-0.2, -0.15) is 0 Å². The average molecular weight is 201 g/mol. The highest BCUT2D eigenvalue weighted by Crippen LogP contribution is 2.29. The smallest absolute Gasteiger partial charge is 0.0568 e. The summed E-state index contributed by atoms with van der Waals surface area (Å²) in [5, 5.41) is 4.90. The van der Waals surface area contributed by atoms with Gasteiger partial charge in [0, 0.05) is 28.2 Å². The first-order valence-electron chi connectivity index (χ1n) is 4.85. The largest absolute Gasteiger partial charge is 0.347 e. The zero-order valence-corrected chi connectivity index (χ0v) is 8.84. The molecule has 0 saturated heterocycles. The Morgan fingerprint density at radius 2 is 2.14 bits per heavy atom. The Hall–Kier alpha value is -1.28. The van der Waals surface area contributed by atoms with Crippen molar-refractivity contribution in [2.75, 3.05) is 0 Å². The van der Waals surface area contributed by atoms with Crippen LogP contribution in [0.4, 0.5) is 0 Å². The van der Waals surface area contributed by atoms with E-state index in [1.165, 1.54) is 21.0 Å². The SMILES string of the molecule is CCn1ccc2ccc3sccc3c21. The molecule has 1 nitrogen and oxygen atoms in total. The monoisotopic (exact) mass is 201 g/mol. The standard InChI is InChI=1S/C12H11NS/c1-2-13-7-5-9-3-4-11-10(12(9)13)6-8-14-11/h3-8H,2H2,1H3. The van der Waals surface area contributed by atoms with E-state index in [0.29, 0.717) is 0 Å². The molecule has 70 valence electrons. The van der Waals surface area contributed by atoms with Crippen LogP contribution in [0.2, 0.25) is 0 Å². The lowest BCUT2D eigenvalue weighted by atomic mass is 10.2. The number of hydrogen-bond acceptors (Lipinski definition) is 1. The van der Waals surface area contributed by atoms with E-state index in [1.807, 2.05) is 11.3 Å². The molecular weight excluding hydrogens is 190 g/mol. The first-order chi connectivity index (χ1) is 6.90. The summed E-state index contributed by atoms with van der Waals surface area (Å²) in [6.45, 7) is 3.23. The third-order valence-electron chi connectivity index (χ3n) is 2.70. The predicted molar refractivity (Wildman–Crippen MR) is 63.0 cm³/mol. The number of fused-ring (bicyclic) bond motifs is 3. The molecule has 0 N–H and O–H groups in total. The van der Waals surface area contributed by atoms with Crippen LogP contribution >= 0.6 is 11.3 Å². The Balaban J connectivity index is 2.58. The Morgan fingerprint density at radius 1 is 1.21 bits per heavy atom. The first kappa shape index (κ1) is 8.06. The van der Waals surface area contributed by atoms with E-state index < -0.39 is 0 Å². The molecule has 0 bridgehead atoms. The maximum absolute atomic E-state index is 2.31. The van der Waals surface area contributed by atoms with Crippen molar-refractivity contribution in [2.24, 2.45) is 0 Å². The van der Waals surface area contributed by atoms with E-state index in [9.17, 15) is 0 Å². The number of hydrogen-bond donors (Lipinski definition) is 0. The van der Waals surface area contributed by atoms with E-state index in [4.69, 9.17) is 0 Å². The molecule has 3 aromatic rings.